The van der Waals surface area contributed by atoms with Crippen molar-refractivity contribution >= 4 is 21.9 Å². The number of furan rings is 1. The zero-order valence-corrected chi connectivity index (χ0v) is 27.4. The van der Waals surface area contributed by atoms with Crippen molar-refractivity contribution in [1.29, 1.82) is 5.26 Å². The smallest absolute Gasteiger partial charge is 0.164 e. The van der Waals surface area contributed by atoms with Gasteiger partial charge in [0.25, 0.3) is 0 Å². The molecule has 9 aromatic rings. The summed E-state index contributed by atoms with van der Waals surface area (Å²) in [5.41, 5.74) is 11.1. The van der Waals surface area contributed by atoms with Crippen LogP contribution in [0.2, 0.25) is 0 Å². The summed E-state index contributed by atoms with van der Waals surface area (Å²) in [6, 6.07) is 59.3. The topological polar surface area (TPSA) is 75.6 Å². The predicted molar refractivity (Wildman–Crippen MR) is 204 cm³/mol. The second-order valence-corrected chi connectivity index (χ2v) is 12.3. The molecule has 0 N–H and O–H groups in total. The van der Waals surface area contributed by atoms with E-state index in [1.165, 1.54) is 0 Å². The minimum absolute atomic E-state index is 0.548. The molecule has 0 amide bonds. The number of fused-ring (bicyclic) bond motifs is 3. The van der Waals surface area contributed by atoms with Gasteiger partial charge in [-0.05, 0) is 52.1 Å². The van der Waals surface area contributed by atoms with Crippen molar-refractivity contribution in [3.63, 3.8) is 0 Å². The van der Waals surface area contributed by atoms with Crippen molar-refractivity contribution in [1.82, 2.24) is 15.0 Å². The van der Waals surface area contributed by atoms with Crippen LogP contribution in [0, 0.1) is 11.3 Å². The van der Waals surface area contributed by atoms with E-state index in [2.05, 4.69) is 84.9 Å². The summed E-state index contributed by atoms with van der Waals surface area (Å²) in [5, 5.41) is 11.8. The van der Waals surface area contributed by atoms with E-state index in [4.69, 9.17) is 19.4 Å². The Kier molecular flexibility index (Phi) is 7.46. The van der Waals surface area contributed by atoms with Gasteiger partial charge >= 0.3 is 0 Å². The van der Waals surface area contributed by atoms with Gasteiger partial charge in [0.15, 0.2) is 17.5 Å². The quantitative estimate of drug-likeness (QED) is 0.179. The van der Waals surface area contributed by atoms with Crippen molar-refractivity contribution < 1.29 is 4.42 Å². The Bertz CT molecular complexity index is 2630. The molecule has 5 heteroatoms. The number of aromatic nitrogens is 3. The highest BCUT2D eigenvalue weighted by molar-refractivity contribution is 6.13. The van der Waals surface area contributed by atoms with Crippen molar-refractivity contribution in [3.8, 4) is 73.6 Å². The highest BCUT2D eigenvalue weighted by Gasteiger charge is 2.18. The number of nitriles is 1. The lowest BCUT2D eigenvalue weighted by Gasteiger charge is -2.10. The van der Waals surface area contributed by atoms with E-state index in [0.29, 0.717) is 28.6 Å². The third kappa shape index (κ3) is 5.61. The first-order chi connectivity index (χ1) is 25.2. The molecule has 0 spiro atoms. The molecule has 9 rings (SSSR count). The highest BCUT2D eigenvalue weighted by Crippen LogP contribution is 2.39. The molecule has 2 aromatic heterocycles. The second-order valence-electron chi connectivity index (χ2n) is 12.3. The number of hydrogen-bond acceptors (Lipinski definition) is 5. The zero-order valence-electron chi connectivity index (χ0n) is 27.4. The molecule has 51 heavy (non-hydrogen) atoms. The lowest BCUT2D eigenvalue weighted by atomic mass is 9.95. The first-order valence-electron chi connectivity index (χ1n) is 16.7. The molecule has 0 unspecified atom stereocenters. The molecule has 0 atom stereocenters. The van der Waals surface area contributed by atoms with Crippen LogP contribution in [0.5, 0.6) is 0 Å². The molecule has 0 aliphatic carbocycles. The molecular weight excluding hydrogens is 625 g/mol. The molecular formula is C46H28N4O. The van der Waals surface area contributed by atoms with Gasteiger partial charge in [-0.15, -0.1) is 0 Å². The molecule has 0 bridgehead atoms. The van der Waals surface area contributed by atoms with Crippen LogP contribution in [-0.2, 0) is 0 Å². The average molecular weight is 653 g/mol. The molecule has 0 fully saturated rings. The van der Waals surface area contributed by atoms with E-state index in [0.717, 1.165) is 66.4 Å². The molecule has 0 radical (unpaired) electrons. The summed E-state index contributed by atoms with van der Waals surface area (Å²) in [7, 11) is 0. The third-order valence-corrected chi connectivity index (χ3v) is 9.23. The van der Waals surface area contributed by atoms with Gasteiger partial charge in [0.1, 0.15) is 11.2 Å². The Hall–Kier alpha value is -7.16. The van der Waals surface area contributed by atoms with E-state index >= 15 is 0 Å². The lowest BCUT2D eigenvalue weighted by Crippen LogP contribution is -2.00. The Balaban J connectivity index is 1.17. The van der Waals surface area contributed by atoms with Gasteiger partial charge in [-0.1, -0.05) is 146 Å². The lowest BCUT2D eigenvalue weighted by molar-refractivity contribution is 0.669. The van der Waals surface area contributed by atoms with Crippen LogP contribution in [0.4, 0.5) is 0 Å². The Morgan fingerprint density at radius 2 is 0.863 bits per heavy atom. The SMILES string of the molecule is N#Cc1ccccc1-c1cccc2oc3cc(-c4nc(-c5ccc(-c6ccccc6)cc5)nc(-c5ccc(-c6ccccc6)cc5)n4)ccc3c12. The summed E-state index contributed by atoms with van der Waals surface area (Å²) in [5.74, 6) is 1.72. The van der Waals surface area contributed by atoms with Crippen LogP contribution >= 0.6 is 0 Å². The fraction of sp³-hybridized carbons (Fsp3) is 0. The van der Waals surface area contributed by atoms with Gasteiger partial charge in [-0.25, -0.2) is 15.0 Å². The maximum Gasteiger partial charge on any atom is 0.164 e. The molecule has 5 nitrogen and oxygen atoms in total. The normalized spacial score (nSPS) is 11.1. The van der Waals surface area contributed by atoms with Crippen molar-refractivity contribution in [3.05, 3.63) is 175 Å². The Labute approximate surface area is 294 Å². The maximum absolute atomic E-state index is 9.83. The van der Waals surface area contributed by atoms with Gasteiger partial charge in [0, 0.05) is 33.0 Å². The number of hydrogen-bond donors (Lipinski definition) is 0. The fourth-order valence-corrected chi connectivity index (χ4v) is 6.65. The van der Waals surface area contributed by atoms with Crippen LogP contribution in [0.15, 0.2) is 174 Å². The molecule has 238 valence electrons. The van der Waals surface area contributed by atoms with Gasteiger partial charge < -0.3 is 4.42 Å². The van der Waals surface area contributed by atoms with Gasteiger partial charge in [0.05, 0.1) is 11.6 Å². The van der Waals surface area contributed by atoms with Crippen LogP contribution < -0.4 is 0 Å². The van der Waals surface area contributed by atoms with Crippen LogP contribution in [0.1, 0.15) is 5.56 Å². The Morgan fingerprint density at radius 3 is 1.45 bits per heavy atom. The molecule has 0 saturated carbocycles. The number of benzene rings is 7. The molecule has 2 heterocycles. The minimum atomic E-state index is 0.548. The predicted octanol–water partition coefficient (Wildman–Crippen LogP) is 11.6. The fourth-order valence-electron chi connectivity index (χ4n) is 6.65. The summed E-state index contributed by atoms with van der Waals surface area (Å²) < 4.78 is 6.44. The minimum Gasteiger partial charge on any atom is -0.456 e. The third-order valence-electron chi connectivity index (χ3n) is 9.23. The molecule has 0 aliphatic heterocycles. The van der Waals surface area contributed by atoms with E-state index in [9.17, 15) is 5.26 Å². The molecule has 7 aromatic carbocycles. The zero-order chi connectivity index (χ0) is 34.1. The van der Waals surface area contributed by atoms with Crippen LogP contribution in [-0.4, -0.2) is 15.0 Å². The van der Waals surface area contributed by atoms with E-state index in [-0.39, 0.29) is 0 Å². The van der Waals surface area contributed by atoms with Crippen molar-refractivity contribution in [2.45, 2.75) is 0 Å². The summed E-state index contributed by atoms with van der Waals surface area (Å²) in [6.07, 6.45) is 0. The van der Waals surface area contributed by atoms with Crippen molar-refractivity contribution in [2.24, 2.45) is 0 Å². The highest BCUT2D eigenvalue weighted by atomic mass is 16.3. The van der Waals surface area contributed by atoms with E-state index < -0.39 is 0 Å². The number of rotatable bonds is 6. The van der Waals surface area contributed by atoms with Gasteiger partial charge in [-0.2, -0.15) is 5.26 Å². The first kappa shape index (κ1) is 29.9. The second kappa shape index (κ2) is 12.7. The van der Waals surface area contributed by atoms with Gasteiger partial charge in [-0.3, -0.25) is 0 Å². The average Bonchev–Trinajstić information content (AvgIpc) is 3.60. The van der Waals surface area contributed by atoms with Gasteiger partial charge in [0.2, 0.25) is 0 Å². The van der Waals surface area contributed by atoms with Crippen LogP contribution in [0.3, 0.4) is 0 Å². The van der Waals surface area contributed by atoms with Crippen molar-refractivity contribution in [2.75, 3.05) is 0 Å². The van der Waals surface area contributed by atoms with E-state index in [1.54, 1.807) is 0 Å². The van der Waals surface area contributed by atoms with E-state index in [1.807, 2.05) is 91.0 Å². The summed E-state index contributed by atoms with van der Waals surface area (Å²) in [6.45, 7) is 0. The Morgan fingerprint density at radius 1 is 0.392 bits per heavy atom. The maximum atomic E-state index is 9.83. The molecule has 0 saturated heterocycles. The standard InChI is InChI=1S/C46H28N4O/c47-29-37-14-7-8-15-38(37)39-16-9-17-41-43(39)40-27-26-36(28-42(40)51-41)46-49-44(34-22-18-32(19-23-34)30-10-3-1-4-11-30)48-45(50-46)35-24-20-33(21-25-35)31-12-5-2-6-13-31/h1-28H. The largest absolute Gasteiger partial charge is 0.456 e. The number of nitrogens with zero attached hydrogens (tertiary/aromatic N) is 4. The molecule has 0 aliphatic rings. The monoisotopic (exact) mass is 652 g/mol. The summed E-state index contributed by atoms with van der Waals surface area (Å²) in [4.78, 5) is 15.0. The summed E-state index contributed by atoms with van der Waals surface area (Å²) >= 11 is 0. The van der Waals surface area contributed by atoms with Crippen LogP contribution in [0.25, 0.3) is 89.5 Å². The first-order valence-corrected chi connectivity index (χ1v) is 16.7.